The Kier molecular flexibility index (Phi) is 2.60. The summed E-state index contributed by atoms with van der Waals surface area (Å²) in [6.45, 7) is 0.182. The van der Waals surface area contributed by atoms with Crippen LogP contribution in [0, 0.1) is 0 Å². The van der Waals surface area contributed by atoms with E-state index in [0.29, 0.717) is 10.9 Å². The lowest BCUT2D eigenvalue weighted by Gasteiger charge is -2.24. The number of amidine groups is 1. The number of halogens is 1. The molecule has 0 fully saturated rings. The second-order valence-corrected chi connectivity index (χ2v) is 3.67. The van der Waals surface area contributed by atoms with E-state index >= 15 is 0 Å². The van der Waals surface area contributed by atoms with E-state index in [1.165, 1.54) is 5.01 Å². The van der Waals surface area contributed by atoms with Gasteiger partial charge in [0.15, 0.2) is 0 Å². The molecule has 78 valence electrons. The van der Waals surface area contributed by atoms with Crippen molar-refractivity contribution in [1.82, 2.24) is 10.4 Å². The molecule has 5 heteroatoms. The zero-order chi connectivity index (χ0) is 10.8. The maximum Gasteiger partial charge on any atom is 0.262 e. The van der Waals surface area contributed by atoms with Crippen LogP contribution in [0.5, 0.6) is 0 Å². The number of amides is 1. The van der Waals surface area contributed by atoms with Crippen molar-refractivity contribution in [1.29, 1.82) is 0 Å². The predicted octanol–water partition coefficient (Wildman–Crippen LogP) is 1.06. The normalized spacial score (nSPS) is 16.0. The molecule has 0 radical (unpaired) electrons. The van der Waals surface area contributed by atoms with Crippen molar-refractivity contribution in [3.63, 3.8) is 0 Å². The van der Waals surface area contributed by atoms with E-state index in [0.717, 1.165) is 5.56 Å². The zero-order valence-corrected chi connectivity index (χ0v) is 8.95. The molecular weight excluding hydrogens is 214 g/mol. The highest BCUT2D eigenvalue weighted by molar-refractivity contribution is 6.30. The van der Waals surface area contributed by atoms with E-state index < -0.39 is 0 Å². The number of likely N-dealkylation sites (N-methyl/N-ethyl adjacent to an activating group) is 1. The van der Waals surface area contributed by atoms with Crippen LogP contribution < -0.4 is 5.43 Å². The summed E-state index contributed by atoms with van der Waals surface area (Å²) in [5.74, 6) is 0.640. The summed E-state index contributed by atoms with van der Waals surface area (Å²) in [4.78, 5) is 15.3. The minimum atomic E-state index is -0.0484. The molecular formula is C10H10ClN3O. The monoisotopic (exact) mass is 223 g/mol. The Morgan fingerprint density at radius 3 is 2.67 bits per heavy atom. The van der Waals surface area contributed by atoms with Gasteiger partial charge in [0.05, 0.1) is 0 Å². The van der Waals surface area contributed by atoms with E-state index in [9.17, 15) is 4.79 Å². The molecule has 0 saturated heterocycles. The third-order valence-corrected chi connectivity index (χ3v) is 2.39. The zero-order valence-electron chi connectivity index (χ0n) is 8.20. The topological polar surface area (TPSA) is 44.7 Å². The first-order valence-corrected chi connectivity index (χ1v) is 4.88. The smallest absolute Gasteiger partial charge is 0.262 e. The van der Waals surface area contributed by atoms with Gasteiger partial charge < -0.3 is 0 Å². The SMILES string of the molecule is CN1NC(c2ccc(Cl)cc2)=NCC1=O. The maximum atomic E-state index is 11.2. The van der Waals surface area contributed by atoms with Gasteiger partial charge in [-0.1, -0.05) is 11.6 Å². The molecule has 1 aromatic rings. The molecule has 0 atom stereocenters. The Hall–Kier alpha value is -1.55. The number of carbonyl (C=O) groups is 1. The average molecular weight is 224 g/mol. The summed E-state index contributed by atoms with van der Waals surface area (Å²) in [5, 5.41) is 2.11. The van der Waals surface area contributed by atoms with Gasteiger partial charge >= 0.3 is 0 Å². The fraction of sp³-hybridized carbons (Fsp3) is 0.200. The summed E-state index contributed by atoms with van der Waals surface area (Å²) in [6.07, 6.45) is 0. The number of rotatable bonds is 1. The van der Waals surface area contributed by atoms with Gasteiger partial charge in [-0.2, -0.15) is 0 Å². The highest BCUT2D eigenvalue weighted by atomic mass is 35.5. The number of hydrogen-bond acceptors (Lipinski definition) is 3. The van der Waals surface area contributed by atoms with E-state index in [-0.39, 0.29) is 12.5 Å². The van der Waals surface area contributed by atoms with Gasteiger partial charge in [0, 0.05) is 17.6 Å². The summed E-state index contributed by atoms with van der Waals surface area (Å²) in [6, 6.07) is 7.30. The Morgan fingerprint density at radius 1 is 1.40 bits per heavy atom. The molecule has 1 aliphatic heterocycles. The first-order valence-electron chi connectivity index (χ1n) is 4.50. The quantitative estimate of drug-likeness (QED) is 0.774. The summed E-state index contributed by atoms with van der Waals surface area (Å²) >= 11 is 5.78. The third-order valence-electron chi connectivity index (χ3n) is 2.14. The predicted molar refractivity (Wildman–Crippen MR) is 58.8 cm³/mol. The maximum absolute atomic E-state index is 11.2. The Labute approximate surface area is 92.5 Å². The van der Waals surface area contributed by atoms with Crippen LogP contribution in [-0.2, 0) is 4.79 Å². The van der Waals surface area contributed by atoms with Gasteiger partial charge in [0.1, 0.15) is 12.4 Å². The molecule has 0 bridgehead atoms. The van der Waals surface area contributed by atoms with Crippen molar-refractivity contribution in [3.8, 4) is 0 Å². The van der Waals surface area contributed by atoms with E-state index in [1.54, 1.807) is 19.2 Å². The number of carbonyl (C=O) groups excluding carboxylic acids is 1. The number of hydrazine groups is 1. The molecule has 0 spiro atoms. The van der Waals surface area contributed by atoms with Gasteiger partial charge in [-0.3, -0.25) is 20.2 Å². The second kappa shape index (κ2) is 3.90. The summed E-state index contributed by atoms with van der Waals surface area (Å²) in [7, 11) is 1.67. The van der Waals surface area contributed by atoms with E-state index in [2.05, 4.69) is 10.4 Å². The third kappa shape index (κ3) is 2.10. The van der Waals surface area contributed by atoms with Crippen LogP contribution in [0.25, 0.3) is 0 Å². The van der Waals surface area contributed by atoms with Crippen LogP contribution in [0.4, 0.5) is 0 Å². The molecule has 2 rings (SSSR count). The standard InChI is InChI=1S/C10H10ClN3O/c1-14-9(15)6-12-10(13-14)7-2-4-8(11)5-3-7/h2-5H,6H2,1H3,(H,12,13). The molecule has 1 amide bonds. The first-order chi connectivity index (χ1) is 7.16. The summed E-state index contributed by atoms with van der Waals surface area (Å²) < 4.78 is 0. The molecule has 0 aliphatic carbocycles. The van der Waals surface area contributed by atoms with Crippen LogP contribution >= 0.6 is 11.6 Å². The van der Waals surface area contributed by atoms with Crippen molar-refractivity contribution < 1.29 is 4.79 Å². The lowest BCUT2D eigenvalue weighted by atomic mass is 10.2. The Balaban J connectivity index is 2.25. The lowest BCUT2D eigenvalue weighted by Crippen LogP contribution is -2.48. The molecule has 1 heterocycles. The molecule has 0 saturated carbocycles. The second-order valence-electron chi connectivity index (χ2n) is 3.24. The fourth-order valence-electron chi connectivity index (χ4n) is 1.27. The number of benzene rings is 1. The highest BCUT2D eigenvalue weighted by Crippen LogP contribution is 2.10. The fourth-order valence-corrected chi connectivity index (χ4v) is 1.40. The molecule has 1 aliphatic rings. The molecule has 15 heavy (non-hydrogen) atoms. The van der Waals surface area contributed by atoms with Gasteiger partial charge in [-0.05, 0) is 24.3 Å². The Bertz CT molecular complexity index is 413. The van der Waals surface area contributed by atoms with E-state index in [1.807, 2.05) is 12.1 Å². The molecule has 1 aromatic carbocycles. The summed E-state index contributed by atoms with van der Waals surface area (Å²) in [5.41, 5.74) is 3.81. The van der Waals surface area contributed by atoms with Crippen molar-refractivity contribution >= 4 is 23.3 Å². The van der Waals surface area contributed by atoms with Crippen molar-refractivity contribution in [3.05, 3.63) is 34.9 Å². The largest absolute Gasteiger partial charge is 0.279 e. The Morgan fingerprint density at radius 2 is 2.07 bits per heavy atom. The molecule has 4 nitrogen and oxygen atoms in total. The highest BCUT2D eigenvalue weighted by Gasteiger charge is 2.16. The van der Waals surface area contributed by atoms with Gasteiger partial charge in [0.25, 0.3) is 5.91 Å². The minimum Gasteiger partial charge on any atom is -0.279 e. The first kappa shape index (κ1) is 9.98. The van der Waals surface area contributed by atoms with Crippen molar-refractivity contribution in [2.75, 3.05) is 13.6 Å². The lowest BCUT2D eigenvalue weighted by molar-refractivity contribution is -0.130. The van der Waals surface area contributed by atoms with Gasteiger partial charge in [-0.25, -0.2) is 0 Å². The number of nitrogens with one attached hydrogen (secondary N) is 1. The number of aliphatic imine (C=N–C) groups is 1. The van der Waals surface area contributed by atoms with Gasteiger partial charge in [0.2, 0.25) is 0 Å². The van der Waals surface area contributed by atoms with Crippen molar-refractivity contribution in [2.45, 2.75) is 0 Å². The minimum absolute atomic E-state index is 0.0484. The van der Waals surface area contributed by atoms with Crippen LogP contribution in [0.15, 0.2) is 29.3 Å². The molecule has 0 unspecified atom stereocenters. The van der Waals surface area contributed by atoms with Crippen LogP contribution in [-0.4, -0.2) is 30.3 Å². The van der Waals surface area contributed by atoms with Gasteiger partial charge in [-0.15, -0.1) is 0 Å². The van der Waals surface area contributed by atoms with Crippen LogP contribution in [0.1, 0.15) is 5.56 Å². The van der Waals surface area contributed by atoms with E-state index in [4.69, 9.17) is 11.6 Å². The van der Waals surface area contributed by atoms with Crippen LogP contribution in [0.3, 0.4) is 0 Å². The van der Waals surface area contributed by atoms with Crippen molar-refractivity contribution in [2.24, 2.45) is 4.99 Å². The molecule has 0 aromatic heterocycles. The number of hydrogen-bond donors (Lipinski definition) is 1. The average Bonchev–Trinajstić information content (AvgIpc) is 2.23. The molecule has 1 N–H and O–H groups in total. The number of nitrogens with zero attached hydrogens (tertiary/aromatic N) is 2. The van der Waals surface area contributed by atoms with Crippen LogP contribution in [0.2, 0.25) is 5.02 Å².